The first-order valence-corrected chi connectivity index (χ1v) is 6.05. The van der Waals surface area contributed by atoms with Crippen molar-refractivity contribution in [2.45, 2.75) is 6.54 Å². The van der Waals surface area contributed by atoms with Gasteiger partial charge in [-0.15, -0.1) is 5.10 Å². The van der Waals surface area contributed by atoms with Crippen LogP contribution in [-0.4, -0.2) is 24.1 Å². The number of aromatic nitrogens is 5. The Hall–Kier alpha value is -2.96. The van der Waals surface area contributed by atoms with Gasteiger partial charge >= 0.3 is 5.69 Å². The molecule has 0 amide bonds. The van der Waals surface area contributed by atoms with Gasteiger partial charge in [0, 0.05) is 12.4 Å². The average molecular weight is 267 g/mol. The second-order valence-electron chi connectivity index (χ2n) is 4.32. The number of fused-ring (bicyclic) bond motifs is 2. The number of oxazole rings is 1. The van der Waals surface area contributed by atoms with Crippen LogP contribution in [0.2, 0.25) is 0 Å². The number of hydrogen-bond donors (Lipinski definition) is 0. The summed E-state index contributed by atoms with van der Waals surface area (Å²) in [5.74, 6) is 0.449. The summed E-state index contributed by atoms with van der Waals surface area (Å²) in [6, 6.07) is 7.46. The van der Waals surface area contributed by atoms with Crippen molar-refractivity contribution in [3.63, 3.8) is 0 Å². The quantitative estimate of drug-likeness (QED) is 0.543. The highest BCUT2D eigenvalue weighted by atomic mass is 16.3. The first kappa shape index (κ1) is 10.9. The standard InChI is InChI=1S/C13H9N5O2/c19-13-17-6-5-14-7-11(17)16-18(13)8-12-15-9-3-1-2-4-10(9)20-12/h1-7H,8H2. The van der Waals surface area contributed by atoms with Gasteiger partial charge in [0.1, 0.15) is 12.1 Å². The fraction of sp³-hybridized carbons (Fsp3) is 0.0769. The van der Waals surface area contributed by atoms with E-state index in [9.17, 15) is 4.79 Å². The molecule has 1 aromatic carbocycles. The van der Waals surface area contributed by atoms with Gasteiger partial charge in [0.25, 0.3) is 0 Å². The van der Waals surface area contributed by atoms with E-state index in [-0.39, 0.29) is 12.2 Å². The van der Waals surface area contributed by atoms with E-state index in [2.05, 4.69) is 15.1 Å². The minimum atomic E-state index is -0.246. The fourth-order valence-corrected chi connectivity index (χ4v) is 2.10. The Kier molecular flexibility index (Phi) is 2.19. The van der Waals surface area contributed by atoms with E-state index >= 15 is 0 Å². The Balaban J connectivity index is 1.80. The van der Waals surface area contributed by atoms with Crippen molar-refractivity contribution >= 4 is 16.7 Å². The molecule has 7 nitrogen and oxygen atoms in total. The number of hydrogen-bond acceptors (Lipinski definition) is 5. The summed E-state index contributed by atoms with van der Waals surface area (Å²) < 4.78 is 8.32. The van der Waals surface area contributed by atoms with Gasteiger partial charge in [-0.25, -0.2) is 18.9 Å². The Morgan fingerprint density at radius 1 is 1.25 bits per heavy atom. The summed E-state index contributed by atoms with van der Waals surface area (Å²) in [4.78, 5) is 20.4. The molecule has 0 radical (unpaired) electrons. The second kappa shape index (κ2) is 4.02. The first-order valence-electron chi connectivity index (χ1n) is 6.05. The maximum absolute atomic E-state index is 12.1. The molecule has 3 aromatic heterocycles. The Morgan fingerprint density at radius 2 is 2.15 bits per heavy atom. The van der Waals surface area contributed by atoms with Crippen LogP contribution in [0.5, 0.6) is 0 Å². The molecule has 4 rings (SSSR count). The zero-order valence-corrected chi connectivity index (χ0v) is 10.3. The van der Waals surface area contributed by atoms with Crippen LogP contribution >= 0.6 is 0 Å². The van der Waals surface area contributed by atoms with E-state index in [1.165, 1.54) is 15.3 Å². The lowest BCUT2D eigenvalue weighted by molar-refractivity contribution is 0.485. The second-order valence-corrected chi connectivity index (χ2v) is 4.32. The molecule has 3 heterocycles. The van der Waals surface area contributed by atoms with E-state index in [0.29, 0.717) is 17.1 Å². The highest BCUT2D eigenvalue weighted by molar-refractivity contribution is 5.72. The highest BCUT2D eigenvalue weighted by Crippen LogP contribution is 2.14. The lowest BCUT2D eigenvalue weighted by Gasteiger charge is -1.92. The highest BCUT2D eigenvalue weighted by Gasteiger charge is 2.11. The van der Waals surface area contributed by atoms with E-state index < -0.39 is 0 Å². The normalized spacial score (nSPS) is 11.4. The molecule has 0 aliphatic carbocycles. The third-order valence-corrected chi connectivity index (χ3v) is 3.01. The largest absolute Gasteiger partial charge is 0.439 e. The van der Waals surface area contributed by atoms with Crippen molar-refractivity contribution in [1.29, 1.82) is 0 Å². The van der Waals surface area contributed by atoms with Crippen molar-refractivity contribution in [3.8, 4) is 0 Å². The fourth-order valence-electron chi connectivity index (χ4n) is 2.10. The molecule has 0 aliphatic rings. The van der Waals surface area contributed by atoms with Crippen molar-refractivity contribution in [3.05, 3.63) is 59.2 Å². The minimum absolute atomic E-state index is 0.190. The zero-order valence-electron chi connectivity index (χ0n) is 10.3. The van der Waals surface area contributed by atoms with E-state index in [0.717, 1.165) is 5.52 Å². The third-order valence-electron chi connectivity index (χ3n) is 3.01. The van der Waals surface area contributed by atoms with Gasteiger partial charge in [-0.05, 0) is 12.1 Å². The molecule has 0 bridgehead atoms. The summed E-state index contributed by atoms with van der Waals surface area (Å²) in [5.41, 5.74) is 1.71. The van der Waals surface area contributed by atoms with Crippen LogP contribution in [0, 0.1) is 0 Å². The molecular weight excluding hydrogens is 258 g/mol. The molecule has 0 atom stereocenters. The first-order chi connectivity index (χ1) is 9.81. The van der Waals surface area contributed by atoms with Crippen LogP contribution in [0.4, 0.5) is 0 Å². The number of benzene rings is 1. The van der Waals surface area contributed by atoms with Crippen LogP contribution in [0.3, 0.4) is 0 Å². The number of para-hydroxylation sites is 2. The monoisotopic (exact) mass is 267 g/mol. The topological polar surface area (TPSA) is 78.2 Å². The van der Waals surface area contributed by atoms with Gasteiger partial charge in [-0.2, -0.15) is 0 Å². The maximum Gasteiger partial charge on any atom is 0.350 e. The summed E-state index contributed by atoms with van der Waals surface area (Å²) in [6.45, 7) is 0.190. The van der Waals surface area contributed by atoms with E-state index in [4.69, 9.17) is 4.42 Å². The minimum Gasteiger partial charge on any atom is -0.439 e. The third kappa shape index (κ3) is 1.60. The Bertz CT molecular complexity index is 932. The molecule has 0 saturated carbocycles. The van der Waals surface area contributed by atoms with Crippen molar-refractivity contribution in [2.24, 2.45) is 0 Å². The smallest absolute Gasteiger partial charge is 0.350 e. The molecule has 20 heavy (non-hydrogen) atoms. The lowest BCUT2D eigenvalue weighted by Crippen LogP contribution is -2.21. The van der Waals surface area contributed by atoms with Gasteiger partial charge in [-0.3, -0.25) is 4.98 Å². The number of rotatable bonds is 2. The lowest BCUT2D eigenvalue weighted by atomic mass is 10.3. The van der Waals surface area contributed by atoms with Gasteiger partial charge in [-0.1, -0.05) is 12.1 Å². The molecule has 98 valence electrons. The van der Waals surface area contributed by atoms with Crippen LogP contribution in [0.25, 0.3) is 16.7 Å². The predicted octanol–water partition coefficient (Wildman–Crippen LogP) is 1.08. The SMILES string of the molecule is O=c1n(Cc2nc3ccccc3o2)nc2cnccn12. The summed E-state index contributed by atoms with van der Waals surface area (Å²) in [7, 11) is 0. The molecule has 0 saturated heterocycles. The van der Waals surface area contributed by atoms with Gasteiger partial charge in [0.15, 0.2) is 11.2 Å². The molecular formula is C13H9N5O2. The molecule has 0 spiro atoms. The molecule has 0 aliphatic heterocycles. The van der Waals surface area contributed by atoms with Gasteiger partial charge < -0.3 is 4.42 Å². The van der Waals surface area contributed by atoms with Gasteiger partial charge in [0.2, 0.25) is 5.89 Å². The molecule has 0 fully saturated rings. The van der Waals surface area contributed by atoms with Gasteiger partial charge in [0.05, 0.1) is 6.20 Å². The van der Waals surface area contributed by atoms with Crippen molar-refractivity contribution < 1.29 is 4.42 Å². The zero-order chi connectivity index (χ0) is 13.5. The van der Waals surface area contributed by atoms with Crippen LogP contribution in [0.1, 0.15) is 5.89 Å². The molecule has 0 unspecified atom stereocenters. The van der Waals surface area contributed by atoms with E-state index in [1.54, 1.807) is 12.4 Å². The summed E-state index contributed by atoms with van der Waals surface area (Å²) in [6.07, 6.45) is 4.65. The Morgan fingerprint density at radius 3 is 3.00 bits per heavy atom. The maximum atomic E-state index is 12.1. The van der Waals surface area contributed by atoms with Crippen molar-refractivity contribution in [1.82, 2.24) is 24.1 Å². The molecule has 4 aromatic rings. The van der Waals surface area contributed by atoms with Crippen LogP contribution in [-0.2, 0) is 6.54 Å². The average Bonchev–Trinajstić information content (AvgIpc) is 3.01. The van der Waals surface area contributed by atoms with E-state index in [1.807, 2.05) is 24.3 Å². The predicted molar refractivity (Wildman–Crippen MR) is 70.4 cm³/mol. The molecule has 0 N–H and O–H groups in total. The van der Waals surface area contributed by atoms with Crippen LogP contribution in [0.15, 0.2) is 52.1 Å². The molecule has 7 heteroatoms. The summed E-state index contributed by atoms with van der Waals surface area (Å²) in [5, 5.41) is 4.18. The Labute approximate surface area is 112 Å². The number of nitrogens with zero attached hydrogens (tertiary/aromatic N) is 5. The van der Waals surface area contributed by atoms with Crippen LogP contribution < -0.4 is 5.69 Å². The van der Waals surface area contributed by atoms with Crippen molar-refractivity contribution in [2.75, 3.05) is 0 Å². The summed E-state index contributed by atoms with van der Waals surface area (Å²) >= 11 is 0.